The highest BCUT2D eigenvalue weighted by atomic mass is 35.5. The molecule has 10 heteroatoms. The number of carbonyl (C=O) groups is 2. The molecule has 4 heterocycles. The van der Waals surface area contributed by atoms with Gasteiger partial charge in [0.05, 0.1) is 5.02 Å². The minimum absolute atomic E-state index is 0.141. The van der Waals surface area contributed by atoms with Crippen LogP contribution in [-0.4, -0.2) is 58.0 Å². The van der Waals surface area contributed by atoms with Gasteiger partial charge in [0.15, 0.2) is 5.69 Å². The summed E-state index contributed by atoms with van der Waals surface area (Å²) in [5.74, 6) is -0.127. The summed E-state index contributed by atoms with van der Waals surface area (Å²) in [7, 11) is 0. The lowest BCUT2D eigenvalue weighted by Gasteiger charge is -2.30. The van der Waals surface area contributed by atoms with Gasteiger partial charge < -0.3 is 15.0 Å². The minimum Gasteiger partial charge on any atom is -0.419 e. The molecule has 0 radical (unpaired) electrons. The number of amides is 2. The molecular formula is C16H15ClN6O3. The van der Waals surface area contributed by atoms with E-state index in [1.165, 1.54) is 23.5 Å². The fourth-order valence-corrected chi connectivity index (χ4v) is 3.01. The van der Waals surface area contributed by atoms with E-state index in [0.717, 1.165) is 0 Å². The second-order valence-electron chi connectivity index (χ2n) is 5.77. The maximum atomic E-state index is 12.8. The largest absolute Gasteiger partial charge is 0.419 e. The third kappa shape index (κ3) is 2.95. The number of pyridine rings is 1. The molecule has 1 fully saturated rings. The zero-order chi connectivity index (χ0) is 18.1. The van der Waals surface area contributed by atoms with Crippen molar-refractivity contribution in [3.63, 3.8) is 0 Å². The number of hydrogen-bond acceptors (Lipinski definition) is 7. The van der Waals surface area contributed by atoms with Crippen molar-refractivity contribution in [3.05, 3.63) is 47.1 Å². The van der Waals surface area contributed by atoms with Crippen LogP contribution >= 0.6 is 11.6 Å². The van der Waals surface area contributed by atoms with Crippen LogP contribution in [0, 0.1) is 0 Å². The Hall–Kier alpha value is -2.78. The van der Waals surface area contributed by atoms with Gasteiger partial charge in [0.25, 0.3) is 5.91 Å². The molecule has 2 amide bonds. The average molecular weight is 375 g/mol. The number of carbonyl (C=O) groups excluding carboxylic acids is 2. The summed E-state index contributed by atoms with van der Waals surface area (Å²) in [5.41, 5.74) is 0.431. The van der Waals surface area contributed by atoms with E-state index < -0.39 is 18.2 Å². The number of piperazine rings is 1. The lowest BCUT2D eigenvalue weighted by Crippen LogP contribution is -2.47. The Balaban J connectivity index is 1.66. The Labute approximate surface area is 153 Å². The van der Waals surface area contributed by atoms with Gasteiger partial charge in [-0.3, -0.25) is 9.78 Å². The van der Waals surface area contributed by atoms with E-state index in [2.05, 4.69) is 20.3 Å². The van der Waals surface area contributed by atoms with Crippen molar-refractivity contribution in [1.82, 2.24) is 25.2 Å². The SMILES string of the molecule is O=C(OC1c2nccnc2C(=O)N1c1ccc(Cl)cn1)N1CCNCC1. The Morgan fingerprint density at radius 2 is 1.96 bits per heavy atom. The van der Waals surface area contributed by atoms with Gasteiger partial charge >= 0.3 is 6.09 Å². The zero-order valence-corrected chi connectivity index (χ0v) is 14.4. The first-order chi connectivity index (χ1) is 12.6. The number of rotatable bonds is 2. The third-order valence-electron chi connectivity index (χ3n) is 4.16. The first-order valence-corrected chi connectivity index (χ1v) is 8.45. The molecule has 1 atom stereocenters. The van der Waals surface area contributed by atoms with Gasteiger partial charge in [-0.15, -0.1) is 0 Å². The van der Waals surface area contributed by atoms with Crippen molar-refractivity contribution in [1.29, 1.82) is 0 Å². The summed E-state index contributed by atoms with van der Waals surface area (Å²) in [6.07, 6.45) is 2.76. The highest BCUT2D eigenvalue weighted by Gasteiger charge is 2.44. The molecule has 0 bridgehead atoms. The molecule has 0 saturated carbocycles. The van der Waals surface area contributed by atoms with E-state index in [0.29, 0.717) is 37.0 Å². The molecule has 0 aromatic carbocycles. The standard InChI is InChI=1S/C16H15ClN6O3/c17-10-1-2-11(21-9-10)23-14(24)12-13(20-4-3-19-12)15(23)26-16(25)22-7-5-18-6-8-22/h1-4,9,15,18H,5-8H2. The lowest BCUT2D eigenvalue weighted by molar-refractivity contribution is 0.0565. The Kier molecular flexibility index (Phi) is 4.39. The van der Waals surface area contributed by atoms with Gasteiger partial charge in [0, 0.05) is 44.8 Å². The molecule has 1 N–H and O–H groups in total. The van der Waals surface area contributed by atoms with E-state index >= 15 is 0 Å². The van der Waals surface area contributed by atoms with Crippen molar-refractivity contribution in [2.45, 2.75) is 6.23 Å². The molecule has 2 aromatic heterocycles. The topological polar surface area (TPSA) is 101 Å². The van der Waals surface area contributed by atoms with Crippen molar-refractivity contribution in [2.24, 2.45) is 0 Å². The maximum Gasteiger partial charge on any atom is 0.412 e. The molecular weight excluding hydrogens is 360 g/mol. The molecule has 26 heavy (non-hydrogen) atoms. The van der Waals surface area contributed by atoms with Crippen LogP contribution < -0.4 is 10.2 Å². The maximum absolute atomic E-state index is 12.8. The van der Waals surface area contributed by atoms with Gasteiger partial charge in [0.1, 0.15) is 11.5 Å². The van der Waals surface area contributed by atoms with Gasteiger partial charge in [-0.1, -0.05) is 11.6 Å². The zero-order valence-electron chi connectivity index (χ0n) is 13.6. The van der Waals surface area contributed by atoms with Crippen LogP contribution in [-0.2, 0) is 4.74 Å². The van der Waals surface area contributed by atoms with Crippen LogP contribution in [0.5, 0.6) is 0 Å². The van der Waals surface area contributed by atoms with Crippen LogP contribution in [0.1, 0.15) is 22.4 Å². The number of aromatic nitrogens is 3. The minimum atomic E-state index is -1.03. The predicted octanol–water partition coefficient (Wildman–Crippen LogP) is 1.23. The second-order valence-corrected chi connectivity index (χ2v) is 6.21. The predicted molar refractivity (Wildman–Crippen MR) is 91.8 cm³/mol. The summed E-state index contributed by atoms with van der Waals surface area (Å²) >= 11 is 5.88. The lowest BCUT2D eigenvalue weighted by atomic mass is 10.3. The Morgan fingerprint density at radius 1 is 1.19 bits per heavy atom. The first-order valence-electron chi connectivity index (χ1n) is 8.07. The molecule has 2 aliphatic heterocycles. The second kappa shape index (κ2) is 6.85. The number of nitrogens with one attached hydrogen (secondary N) is 1. The molecule has 4 rings (SSSR count). The molecule has 2 aliphatic rings. The van der Waals surface area contributed by atoms with Crippen LogP contribution in [0.15, 0.2) is 30.7 Å². The van der Waals surface area contributed by atoms with Crippen LogP contribution in [0.3, 0.4) is 0 Å². The van der Waals surface area contributed by atoms with Crippen LogP contribution in [0.4, 0.5) is 10.6 Å². The monoisotopic (exact) mass is 374 g/mol. The van der Waals surface area contributed by atoms with Crippen LogP contribution in [0.2, 0.25) is 5.02 Å². The summed E-state index contributed by atoms with van der Waals surface area (Å²) in [5, 5.41) is 3.60. The van der Waals surface area contributed by atoms with Gasteiger partial charge in [-0.05, 0) is 12.1 Å². The van der Waals surface area contributed by atoms with Crippen LogP contribution in [0.25, 0.3) is 0 Å². The molecule has 1 saturated heterocycles. The van der Waals surface area contributed by atoms with E-state index in [4.69, 9.17) is 16.3 Å². The number of nitrogens with zero attached hydrogens (tertiary/aromatic N) is 5. The quantitative estimate of drug-likeness (QED) is 0.843. The molecule has 9 nitrogen and oxygen atoms in total. The number of halogens is 1. The summed E-state index contributed by atoms with van der Waals surface area (Å²) in [6, 6.07) is 3.19. The molecule has 0 spiro atoms. The van der Waals surface area contributed by atoms with E-state index in [9.17, 15) is 9.59 Å². The molecule has 2 aromatic rings. The van der Waals surface area contributed by atoms with E-state index in [1.807, 2.05) is 0 Å². The normalized spacial score (nSPS) is 19.4. The molecule has 0 aliphatic carbocycles. The smallest absolute Gasteiger partial charge is 0.412 e. The Morgan fingerprint density at radius 3 is 2.69 bits per heavy atom. The fraction of sp³-hybridized carbons (Fsp3) is 0.312. The van der Waals surface area contributed by atoms with Gasteiger partial charge in [0.2, 0.25) is 6.23 Å². The summed E-state index contributed by atoms with van der Waals surface area (Å²) in [6.45, 7) is 2.45. The number of ether oxygens (including phenoxy) is 1. The van der Waals surface area contributed by atoms with Crippen molar-refractivity contribution < 1.29 is 14.3 Å². The van der Waals surface area contributed by atoms with E-state index in [-0.39, 0.29) is 11.4 Å². The summed E-state index contributed by atoms with van der Waals surface area (Å²) in [4.78, 5) is 40.6. The van der Waals surface area contributed by atoms with Crippen molar-refractivity contribution >= 4 is 29.4 Å². The average Bonchev–Trinajstić information content (AvgIpc) is 2.95. The number of anilines is 1. The fourth-order valence-electron chi connectivity index (χ4n) is 2.90. The highest BCUT2D eigenvalue weighted by Crippen LogP contribution is 2.35. The summed E-state index contributed by atoms with van der Waals surface area (Å²) < 4.78 is 5.63. The van der Waals surface area contributed by atoms with E-state index in [1.54, 1.807) is 17.0 Å². The van der Waals surface area contributed by atoms with Gasteiger partial charge in [-0.25, -0.2) is 19.7 Å². The van der Waals surface area contributed by atoms with Gasteiger partial charge in [-0.2, -0.15) is 0 Å². The molecule has 134 valence electrons. The first kappa shape index (κ1) is 16.7. The molecule has 1 unspecified atom stereocenters. The number of fused-ring (bicyclic) bond motifs is 1. The van der Waals surface area contributed by atoms with Crippen molar-refractivity contribution in [3.8, 4) is 0 Å². The number of hydrogen-bond donors (Lipinski definition) is 1. The highest BCUT2D eigenvalue weighted by molar-refractivity contribution is 6.30. The Bertz CT molecular complexity index is 840. The van der Waals surface area contributed by atoms with Crippen molar-refractivity contribution in [2.75, 3.05) is 31.1 Å². The third-order valence-corrected chi connectivity index (χ3v) is 4.39.